The normalized spacial score (nSPS) is 11.8. The number of aryl methyl sites for hydroxylation is 2. The van der Waals surface area contributed by atoms with E-state index in [1.54, 1.807) is 0 Å². The van der Waals surface area contributed by atoms with Crippen molar-refractivity contribution >= 4 is 5.97 Å². The highest BCUT2D eigenvalue weighted by Gasteiger charge is 2.11. The number of hydrogen-bond acceptors (Lipinski definition) is 3. The molecule has 1 atom stereocenters. The minimum absolute atomic E-state index is 0. The maximum Gasteiger partial charge on any atom is 0.305 e. The molecule has 5 nitrogen and oxygen atoms in total. The lowest BCUT2D eigenvalue weighted by Crippen LogP contribution is -3.00. The van der Waals surface area contributed by atoms with Gasteiger partial charge in [0, 0.05) is 18.9 Å². The predicted molar refractivity (Wildman–Crippen MR) is 99.1 cm³/mol. The Bertz CT molecular complexity index is 466. The highest BCUT2D eigenvalue weighted by molar-refractivity contribution is 5.69. The van der Waals surface area contributed by atoms with E-state index in [4.69, 9.17) is 4.74 Å². The number of rotatable bonds is 15. The second-order valence-corrected chi connectivity index (χ2v) is 6.72. The van der Waals surface area contributed by atoms with Crippen molar-refractivity contribution in [3.8, 4) is 0 Å². The van der Waals surface area contributed by atoms with Crippen LogP contribution < -0.4 is 28.7 Å². The molecule has 0 bridgehead atoms. The van der Waals surface area contributed by atoms with E-state index in [0.29, 0.717) is 13.0 Å². The monoisotopic (exact) mass is 480 g/mol. The Morgan fingerprint density at radius 3 is 2.62 bits per heavy atom. The number of unbranched alkanes of at least 4 members (excludes halogenated alkanes) is 5. The molecule has 0 saturated heterocycles. The van der Waals surface area contributed by atoms with Gasteiger partial charge in [-0.3, -0.25) is 4.79 Å². The fraction of sp³-hybridized carbons (Fsp3) is 0.800. The molecule has 0 aliphatic carbocycles. The summed E-state index contributed by atoms with van der Waals surface area (Å²) in [5.41, 5.74) is 0. The molecule has 1 N–H and O–H groups in total. The lowest BCUT2D eigenvalue weighted by atomic mass is 10.1. The Labute approximate surface area is 176 Å². The summed E-state index contributed by atoms with van der Waals surface area (Å²) in [5.74, 6) is -0.0803. The number of aliphatic hydroxyl groups excluding tert-OH is 1. The lowest BCUT2D eigenvalue weighted by molar-refractivity contribution is -0.776. The van der Waals surface area contributed by atoms with Crippen molar-refractivity contribution < 1.29 is 43.3 Å². The number of esters is 1. The van der Waals surface area contributed by atoms with Gasteiger partial charge in [-0.1, -0.05) is 32.6 Å². The average Bonchev–Trinajstić information content (AvgIpc) is 3.04. The van der Waals surface area contributed by atoms with Gasteiger partial charge in [0.2, 0.25) is 0 Å². The summed E-state index contributed by atoms with van der Waals surface area (Å²) in [6, 6.07) is 2.06. The maximum absolute atomic E-state index is 11.3. The molecular weight excluding hydrogens is 443 g/mol. The summed E-state index contributed by atoms with van der Waals surface area (Å²) in [6.07, 6.45) is 14.0. The maximum atomic E-state index is 11.3. The van der Waals surface area contributed by atoms with E-state index >= 15 is 0 Å². The third-order valence-corrected chi connectivity index (χ3v) is 4.50. The summed E-state index contributed by atoms with van der Waals surface area (Å²) in [4.78, 5) is 11.3. The first-order valence-electron chi connectivity index (χ1n) is 10.1. The Balaban J connectivity index is 0.00000625. The van der Waals surface area contributed by atoms with Gasteiger partial charge in [0.15, 0.2) is 12.7 Å². The molecule has 1 rings (SSSR count). The van der Waals surface area contributed by atoms with Crippen LogP contribution >= 0.6 is 0 Å². The average molecular weight is 480 g/mol. The zero-order chi connectivity index (χ0) is 18.3. The molecule has 1 aromatic rings. The van der Waals surface area contributed by atoms with Crippen LogP contribution in [0.5, 0.6) is 0 Å². The van der Waals surface area contributed by atoms with Crippen molar-refractivity contribution in [2.45, 2.75) is 97.2 Å². The van der Waals surface area contributed by atoms with E-state index in [1.165, 1.54) is 12.8 Å². The van der Waals surface area contributed by atoms with Gasteiger partial charge in [0.05, 0.1) is 25.5 Å². The van der Waals surface area contributed by atoms with Crippen molar-refractivity contribution in [1.82, 2.24) is 4.68 Å². The second kappa shape index (κ2) is 16.5. The van der Waals surface area contributed by atoms with Gasteiger partial charge >= 0.3 is 5.97 Å². The Hall–Kier alpha value is -0.630. The van der Waals surface area contributed by atoms with Crippen LogP contribution in [0.1, 0.15) is 78.1 Å². The lowest BCUT2D eigenvalue weighted by Gasteiger charge is -2.10. The van der Waals surface area contributed by atoms with Gasteiger partial charge in [0.1, 0.15) is 0 Å². The zero-order valence-electron chi connectivity index (χ0n) is 16.5. The van der Waals surface area contributed by atoms with E-state index in [-0.39, 0.29) is 36.0 Å². The molecule has 0 radical (unpaired) electrons. The number of aliphatic hydroxyl groups is 1. The Kier molecular flexibility index (Phi) is 16.1. The summed E-state index contributed by atoms with van der Waals surface area (Å²) >= 11 is 0. The standard InChI is InChI=1S/C20H37N2O3.HI/c1-3-5-8-12-19(23)14-18-22-17-11-16-21(22)15-10-7-6-9-13-20(24)25-4-2;/h11,16-17,19,23H,3-10,12-15,18H2,1-2H3;1H/q+1;/p-1. The summed E-state index contributed by atoms with van der Waals surface area (Å²) < 4.78 is 9.36. The summed E-state index contributed by atoms with van der Waals surface area (Å²) in [7, 11) is 0. The fourth-order valence-corrected chi connectivity index (χ4v) is 3.00. The third kappa shape index (κ3) is 11.9. The highest BCUT2D eigenvalue weighted by Crippen LogP contribution is 2.07. The molecule has 26 heavy (non-hydrogen) atoms. The molecule has 0 amide bonds. The van der Waals surface area contributed by atoms with Crippen LogP contribution in [0.25, 0.3) is 0 Å². The summed E-state index contributed by atoms with van der Waals surface area (Å²) in [5, 5.41) is 10.1. The summed E-state index contributed by atoms with van der Waals surface area (Å²) in [6.45, 7) is 6.35. The molecule has 0 aliphatic rings. The van der Waals surface area contributed by atoms with Crippen LogP contribution in [0.15, 0.2) is 18.5 Å². The molecule has 0 aromatic carbocycles. The van der Waals surface area contributed by atoms with Crippen LogP contribution in [-0.4, -0.2) is 28.5 Å². The quantitative estimate of drug-likeness (QED) is 0.173. The smallest absolute Gasteiger partial charge is 0.305 e. The van der Waals surface area contributed by atoms with Crippen molar-refractivity contribution in [1.29, 1.82) is 0 Å². The molecule has 1 aromatic heterocycles. The zero-order valence-corrected chi connectivity index (χ0v) is 18.7. The number of nitrogens with zero attached hydrogens (tertiary/aromatic N) is 2. The van der Waals surface area contributed by atoms with Gasteiger partial charge in [0.25, 0.3) is 0 Å². The molecule has 6 heteroatoms. The van der Waals surface area contributed by atoms with E-state index in [1.807, 2.05) is 6.92 Å². The largest absolute Gasteiger partial charge is 1.00 e. The van der Waals surface area contributed by atoms with Crippen LogP contribution in [0.4, 0.5) is 0 Å². The number of carbonyl (C=O) groups is 1. The molecule has 1 heterocycles. The first-order valence-corrected chi connectivity index (χ1v) is 10.1. The van der Waals surface area contributed by atoms with Crippen molar-refractivity contribution in [3.63, 3.8) is 0 Å². The van der Waals surface area contributed by atoms with E-state index in [2.05, 4.69) is 34.7 Å². The number of halogens is 1. The Morgan fingerprint density at radius 1 is 1.12 bits per heavy atom. The number of ether oxygens (including phenoxy) is 1. The highest BCUT2D eigenvalue weighted by atomic mass is 127. The first-order chi connectivity index (χ1) is 12.2. The second-order valence-electron chi connectivity index (χ2n) is 6.72. The number of carbonyl (C=O) groups excluding carboxylic acids is 1. The predicted octanol–water partition coefficient (Wildman–Crippen LogP) is 0.625. The van der Waals surface area contributed by atoms with Gasteiger partial charge in [-0.2, -0.15) is 4.68 Å². The van der Waals surface area contributed by atoms with Crippen LogP contribution in [0, 0.1) is 0 Å². The number of aromatic nitrogens is 2. The fourth-order valence-electron chi connectivity index (χ4n) is 3.00. The molecule has 0 spiro atoms. The van der Waals surface area contributed by atoms with Gasteiger partial charge in [-0.25, -0.2) is 0 Å². The molecule has 0 fully saturated rings. The topological polar surface area (TPSA) is 55.3 Å². The van der Waals surface area contributed by atoms with Crippen molar-refractivity contribution in [2.24, 2.45) is 0 Å². The molecule has 0 saturated carbocycles. The van der Waals surface area contributed by atoms with Crippen LogP contribution in [-0.2, 0) is 22.6 Å². The Morgan fingerprint density at radius 2 is 1.88 bits per heavy atom. The van der Waals surface area contributed by atoms with Crippen molar-refractivity contribution in [2.75, 3.05) is 6.61 Å². The minimum atomic E-state index is -0.190. The first kappa shape index (κ1) is 25.4. The molecular formula is C20H37IN2O3. The SMILES string of the molecule is CCCCCC(O)CCn1ccc[n+]1CCCCCCC(=O)OCC.[I-]. The van der Waals surface area contributed by atoms with Crippen LogP contribution in [0.3, 0.4) is 0 Å². The van der Waals surface area contributed by atoms with Gasteiger partial charge in [-0.15, -0.1) is 4.68 Å². The van der Waals surface area contributed by atoms with Gasteiger partial charge in [-0.05, 0) is 32.6 Å². The van der Waals surface area contributed by atoms with E-state index in [9.17, 15) is 9.90 Å². The molecule has 0 aliphatic heterocycles. The van der Waals surface area contributed by atoms with E-state index < -0.39 is 0 Å². The van der Waals surface area contributed by atoms with Crippen molar-refractivity contribution in [3.05, 3.63) is 18.5 Å². The molecule has 152 valence electrons. The van der Waals surface area contributed by atoms with E-state index in [0.717, 1.165) is 58.0 Å². The number of hydrogen-bond donors (Lipinski definition) is 1. The minimum Gasteiger partial charge on any atom is -1.00 e. The van der Waals surface area contributed by atoms with Gasteiger partial charge < -0.3 is 33.8 Å². The van der Waals surface area contributed by atoms with Crippen LogP contribution in [0.2, 0.25) is 0 Å². The third-order valence-electron chi connectivity index (χ3n) is 4.50. The molecule has 1 unspecified atom stereocenters.